The van der Waals surface area contributed by atoms with Gasteiger partial charge in [-0.1, -0.05) is 52.3 Å². The molecule has 2 aliphatic rings. The standard InChI is InChI=1S/C25H42N2O/c1-19(2)20-7-9-22-21(17-20)8-10-23-24(3,11-6-12-25(22,23)4)18-27-14-13-26-15-16-28-5/h7,9,17,19,23,26-27H,6,8,10-16,18H2,1-5H3/t23-,24-,25+/m0/s1. The number of rotatable bonds is 9. The number of aryl methyl sites for hydroxylation is 1. The summed E-state index contributed by atoms with van der Waals surface area (Å²) in [6.07, 6.45) is 6.65. The van der Waals surface area contributed by atoms with E-state index in [1.165, 1.54) is 37.7 Å². The van der Waals surface area contributed by atoms with Crippen LogP contribution in [-0.2, 0) is 16.6 Å². The number of hydrogen-bond acceptors (Lipinski definition) is 3. The molecule has 0 saturated heterocycles. The monoisotopic (exact) mass is 386 g/mol. The van der Waals surface area contributed by atoms with Crippen molar-refractivity contribution in [1.29, 1.82) is 0 Å². The summed E-state index contributed by atoms with van der Waals surface area (Å²) in [5.74, 6) is 1.40. The molecule has 3 atom stereocenters. The minimum Gasteiger partial charge on any atom is -0.383 e. The van der Waals surface area contributed by atoms with Crippen LogP contribution in [0.2, 0.25) is 0 Å². The van der Waals surface area contributed by atoms with E-state index in [1.54, 1.807) is 18.2 Å². The molecule has 0 unspecified atom stereocenters. The SMILES string of the molecule is COCCNCCNC[C@]1(C)CCC[C@]2(C)c3ccc(C(C)C)cc3CC[C@@H]12. The van der Waals surface area contributed by atoms with Gasteiger partial charge in [0.15, 0.2) is 0 Å². The lowest BCUT2D eigenvalue weighted by molar-refractivity contribution is 0.0261. The lowest BCUT2D eigenvalue weighted by Gasteiger charge is -2.55. The van der Waals surface area contributed by atoms with Crippen LogP contribution in [0.4, 0.5) is 0 Å². The van der Waals surface area contributed by atoms with E-state index in [2.05, 4.69) is 56.5 Å². The topological polar surface area (TPSA) is 33.3 Å². The van der Waals surface area contributed by atoms with Gasteiger partial charge in [-0.15, -0.1) is 0 Å². The molecular weight excluding hydrogens is 344 g/mol. The largest absolute Gasteiger partial charge is 0.383 e. The number of methoxy groups -OCH3 is 1. The van der Waals surface area contributed by atoms with Crippen molar-refractivity contribution >= 4 is 0 Å². The fourth-order valence-electron chi connectivity index (χ4n) is 6.06. The molecular formula is C25H42N2O. The maximum Gasteiger partial charge on any atom is 0.0587 e. The van der Waals surface area contributed by atoms with Crippen LogP contribution in [0.15, 0.2) is 18.2 Å². The van der Waals surface area contributed by atoms with E-state index in [0.29, 0.717) is 16.7 Å². The Hall–Kier alpha value is -0.900. The molecule has 158 valence electrons. The number of nitrogens with one attached hydrogen (secondary N) is 2. The van der Waals surface area contributed by atoms with Gasteiger partial charge >= 0.3 is 0 Å². The Bertz CT molecular complexity index is 643. The van der Waals surface area contributed by atoms with E-state index >= 15 is 0 Å². The van der Waals surface area contributed by atoms with Crippen molar-refractivity contribution in [1.82, 2.24) is 10.6 Å². The Balaban J connectivity index is 1.67. The number of ether oxygens (including phenoxy) is 1. The number of benzene rings is 1. The summed E-state index contributed by atoms with van der Waals surface area (Å²) >= 11 is 0. The number of hydrogen-bond donors (Lipinski definition) is 2. The van der Waals surface area contributed by atoms with Crippen LogP contribution >= 0.6 is 0 Å². The Morgan fingerprint density at radius 3 is 2.64 bits per heavy atom. The highest BCUT2D eigenvalue weighted by Crippen LogP contribution is 2.57. The second-order valence-corrected chi connectivity index (χ2v) is 10.0. The zero-order chi connectivity index (χ0) is 20.2. The van der Waals surface area contributed by atoms with Crippen molar-refractivity contribution in [2.45, 2.75) is 71.1 Å². The first-order valence-electron chi connectivity index (χ1n) is 11.4. The molecule has 0 amide bonds. The lowest BCUT2D eigenvalue weighted by atomic mass is 9.49. The maximum absolute atomic E-state index is 5.10. The van der Waals surface area contributed by atoms with Gasteiger partial charge in [-0.05, 0) is 65.0 Å². The molecule has 0 aromatic heterocycles. The normalized spacial score (nSPS) is 29.6. The Morgan fingerprint density at radius 1 is 1.11 bits per heavy atom. The average Bonchev–Trinajstić information content (AvgIpc) is 2.66. The van der Waals surface area contributed by atoms with E-state index in [9.17, 15) is 0 Å². The molecule has 3 rings (SSSR count). The van der Waals surface area contributed by atoms with Gasteiger partial charge in [0.2, 0.25) is 0 Å². The third kappa shape index (κ3) is 4.47. The average molecular weight is 387 g/mol. The number of fused-ring (bicyclic) bond motifs is 3. The summed E-state index contributed by atoms with van der Waals surface area (Å²) in [4.78, 5) is 0. The molecule has 2 N–H and O–H groups in total. The smallest absolute Gasteiger partial charge is 0.0587 e. The summed E-state index contributed by atoms with van der Waals surface area (Å²) in [6.45, 7) is 14.6. The van der Waals surface area contributed by atoms with Gasteiger partial charge in [0, 0.05) is 33.3 Å². The first-order valence-corrected chi connectivity index (χ1v) is 11.4. The summed E-state index contributed by atoms with van der Waals surface area (Å²) < 4.78 is 5.10. The molecule has 3 heteroatoms. The van der Waals surface area contributed by atoms with Gasteiger partial charge in [0.25, 0.3) is 0 Å². The zero-order valence-corrected chi connectivity index (χ0v) is 18.9. The second kappa shape index (κ2) is 9.28. The molecule has 3 nitrogen and oxygen atoms in total. The molecule has 2 aliphatic carbocycles. The summed E-state index contributed by atoms with van der Waals surface area (Å²) in [6, 6.07) is 7.39. The molecule has 0 heterocycles. The molecule has 1 saturated carbocycles. The quantitative estimate of drug-likeness (QED) is 0.606. The molecule has 0 radical (unpaired) electrons. The minimum absolute atomic E-state index is 0.342. The van der Waals surface area contributed by atoms with Crippen LogP contribution in [0, 0.1) is 11.3 Å². The van der Waals surface area contributed by atoms with Crippen molar-refractivity contribution in [2.24, 2.45) is 11.3 Å². The molecule has 1 fully saturated rings. The van der Waals surface area contributed by atoms with E-state index in [1.807, 2.05) is 0 Å². The Labute approximate surface area is 173 Å². The van der Waals surface area contributed by atoms with Gasteiger partial charge in [-0.2, -0.15) is 0 Å². The molecule has 0 bridgehead atoms. The van der Waals surface area contributed by atoms with Gasteiger partial charge in [0.1, 0.15) is 0 Å². The predicted molar refractivity (Wildman–Crippen MR) is 119 cm³/mol. The first kappa shape index (κ1) is 21.8. The summed E-state index contributed by atoms with van der Waals surface area (Å²) in [5, 5.41) is 7.21. The lowest BCUT2D eigenvalue weighted by Crippen LogP contribution is -2.53. The van der Waals surface area contributed by atoms with Gasteiger partial charge in [0.05, 0.1) is 6.61 Å². The molecule has 28 heavy (non-hydrogen) atoms. The van der Waals surface area contributed by atoms with Gasteiger partial charge < -0.3 is 15.4 Å². The van der Waals surface area contributed by atoms with Crippen LogP contribution in [0.1, 0.15) is 76.0 Å². The van der Waals surface area contributed by atoms with Crippen molar-refractivity contribution in [2.75, 3.05) is 39.9 Å². The van der Waals surface area contributed by atoms with Crippen molar-refractivity contribution in [3.8, 4) is 0 Å². The highest BCUT2D eigenvalue weighted by Gasteiger charge is 2.51. The van der Waals surface area contributed by atoms with Gasteiger partial charge in [-0.3, -0.25) is 0 Å². The molecule has 1 aromatic rings. The highest BCUT2D eigenvalue weighted by molar-refractivity contribution is 5.42. The minimum atomic E-state index is 0.342. The van der Waals surface area contributed by atoms with Crippen LogP contribution in [0.25, 0.3) is 0 Å². The van der Waals surface area contributed by atoms with Crippen LogP contribution in [0.3, 0.4) is 0 Å². The summed E-state index contributed by atoms with van der Waals surface area (Å²) in [7, 11) is 1.76. The predicted octanol–water partition coefficient (Wildman–Crippen LogP) is 4.65. The van der Waals surface area contributed by atoms with E-state index in [-0.39, 0.29) is 0 Å². The fourth-order valence-corrected chi connectivity index (χ4v) is 6.06. The van der Waals surface area contributed by atoms with E-state index in [0.717, 1.165) is 38.7 Å². The van der Waals surface area contributed by atoms with E-state index < -0.39 is 0 Å². The zero-order valence-electron chi connectivity index (χ0n) is 18.9. The van der Waals surface area contributed by atoms with Crippen molar-refractivity contribution in [3.63, 3.8) is 0 Å². The van der Waals surface area contributed by atoms with Crippen LogP contribution in [0.5, 0.6) is 0 Å². The fraction of sp³-hybridized carbons (Fsp3) is 0.760. The first-order chi connectivity index (χ1) is 13.4. The van der Waals surface area contributed by atoms with E-state index in [4.69, 9.17) is 4.74 Å². The van der Waals surface area contributed by atoms with Gasteiger partial charge in [-0.25, -0.2) is 0 Å². The molecule has 1 aromatic carbocycles. The third-order valence-corrected chi connectivity index (χ3v) is 7.66. The summed E-state index contributed by atoms with van der Waals surface area (Å²) in [5.41, 5.74) is 5.52. The maximum atomic E-state index is 5.10. The van der Waals surface area contributed by atoms with Crippen molar-refractivity contribution < 1.29 is 4.74 Å². The Morgan fingerprint density at radius 2 is 1.89 bits per heavy atom. The molecule has 0 aliphatic heterocycles. The third-order valence-electron chi connectivity index (χ3n) is 7.66. The highest BCUT2D eigenvalue weighted by atomic mass is 16.5. The van der Waals surface area contributed by atoms with Crippen LogP contribution in [-0.4, -0.2) is 39.9 Å². The Kier molecular flexibility index (Phi) is 7.22. The van der Waals surface area contributed by atoms with Crippen LogP contribution < -0.4 is 10.6 Å². The molecule has 0 spiro atoms. The second-order valence-electron chi connectivity index (χ2n) is 10.0. The van der Waals surface area contributed by atoms with Crippen molar-refractivity contribution in [3.05, 3.63) is 34.9 Å².